The number of rotatable bonds is 5. The van der Waals surface area contributed by atoms with Crippen LogP contribution in [0, 0.1) is 0 Å². The van der Waals surface area contributed by atoms with Gasteiger partial charge in [-0.3, -0.25) is 4.79 Å². The second-order valence-corrected chi connectivity index (χ2v) is 3.81. The van der Waals surface area contributed by atoms with Gasteiger partial charge in [0.15, 0.2) is 5.78 Å². The van der Waals surface area contributed by atoms with Gasteiger partial charge in [0.2, 0.25) is 0 Å². The smallest absolute Gasteiger partial charge is 0.389 e. The second kappa shape index (κ2) is 5.75. The Bertz CT molecular complexity index is 430. The van der Waals surface area contributed by atoms with Gasteiger partial charge in [-0.05, 0) is 18.6 Å². The predicted octanol–water partition coefficient (Wildman–Crippen LogP) is 3.19. The van der Waals surface area contributed by atoms with Crippen molar-refractivity contribution in [2.24, 2.45) is 0 Å². The van der Waals surface area contributed by atoms with E-state index in [0.29, 0.717) is 5.75 Å². The van der Waals surface area contributed by atoms with Crippen LogP contribution in [-0.4, -0.2) is 19.1 Å². The molecule has 0 heterocycles. The minimum absolute atomic E-state index is 0.164. The molecule has 0 radical (unpaired) electrons. The number of hydrogen-bond donors (Lipinski definition) is 1. The molecule has 1 aromatic carbocycles. The molecule has 0 spiro atoms. The summed E-state index contributed by atoms with van der Waals surface area (Å²) in [7, 11) is 1.41. The van der Waals surface area contributed by atoms with E-state index in [9.17, 15) is 18.0 Å². The van der Waals surface area contributed by atoms with E-state index in [2.05, 4.69) is 0 Å². The SMILES string of the molecule is COc1cccc(C(=O)CCCC(F)(F)F)c1N. The molecule has 0 aliphatic carbocycles. The number of methoxy groups -OCH3 is 1. The molecule has 0 aromatic heterocycles. The first-order chi connectivity index (χ1) is 8.35. The number of carbonyl (C=O) groups excluding carboxylic acids is 1. The number of halogens is 3. The molecule has 0 atom stereocenters. The first-order valence-electron chi connectivity index (χ1n) is 5.37. The van der Waals surface area contributed by atoms with Gasteiger partial charge in [0.25, 0.3) is 0 Å². The Morgan fingerprint density at radius 2 is 2.06 bits per heavy atom. The van der Waals surface area contributed by atoms with Crippen molar-refractivity contribution in [1.82, 2.24) is 0 Å². The van der Waals surface area contributed by atoms with E-state index in [0.717, 1.165) is 0 Å². The van der Waals surface area contributed by atoms with Crippen LogP contribution in [0.5, 0.6) is 5.75 Å². The van der Waals surface area contributed by atoms with E-state index >= 15 is 0 Å². The Morgan fingerprint density at radius 1 is 1.39 bits per heavy atom. The maximum absolute atomic E-state index is 12.0. The number of ether oxygens (including phenoxy) is 1. The molecule has 0 saturated carbocycles. The van der Waals surface area contributed by atoms with Gasteiger partial charge < -0.3 is 10.5 Å². The van der Waals surface area contributed by atoms with Gasteiger partial charge >= 0.3 is 6.18 Å². The van der Waals surface area contributed by atoms with Crippen LogP contribution >= 0.6 is 0 Å². The summed E-state index contributed by atoms with van der Waals surface area (Å²) in [6.45, 7) is 0. The summed E-state index contributed by atoms with van der Waals surface area (Å²) in [5.41, 5.74) is 6.05. The second-order valence-electron chi connectivity index (χ2n) is 3.81. The van der Waals surface area contributed by atoms with Gasteiger partial charge in [-0.25, -0.2) is 0 Å². The van der Waals surface area contributed by atoms with Crippen molar-refractivity contribution in [3.8, 4) is 5.75 Å². The van der Waals surface area contributed by atoms with Gasteiger partial charge in [0, 0.05) is 18.4 Å². The van der Waals surface area contributed by atoms with E-state index < -0.39 is 18.4 Å². The van der Waals surface area contributed by atoms with Crippen LogP contribution in [-0.2, 0) is 0 Å². The largest absolute Gasteiger partial charge is 0.495 e. The number of Topliss-reactive ketones (excluding diaryl/α,β-unsaturated/α-hetero) is 1. The molecule has 1 rings (SSSR count). The van der Waals surface area contributed by atoms with Crippen molar-refractivity contribution in [1.29, 1.82) is 0 Å². The lowest BCUT2D eigenvalue weighted by atomic mass is 10.0. The summed E-state index contributed by atoms with van der Waals surface area (Å²) in [5, 5.41) is 0. The summed E-state index contributed by atoms with van der Waals surface area (Å²) < 4.78 is 40.8. The van der Waals surface area contributed by atoms with E-state index in [1.807, 2.05) is 0 Å². The standard InChI is InChI=1S/C12H14F3NO2/c1-18-10-6-2-4-8(11(10)16)9(17)5-3-7-12(13,14)15/h2,4,6H,3,5,7,16H2,1H3. The fraction of sp³-hybridized carbons (Fsp3) is 0.417. The van der Waals surface area contributed by atoms with E-state index in [-0.39, 0.29) is 24.1 Å². The first kappa shape index (κ1) is 14.3. The van der Waals surface area contributed by atoms with E-state index in [1.165, 1.54) is 13.2 Å². The van der Waals surface area contributed by atoms with Gasteiger partial charge in [-0.15, -0.1) is 0 Å². The molecular weight excluding hydrogens is 247 g/mol. The van der Waals surface area contributed by atoms with Crippen molar-refractivity contribution in [3.05, 3.63) is 23.8 Å². The number of para-hydroxylation sites is 1. The van der Waals surface area contributed by atoms with Gasteiger partial charge in [0.05, 0.1) is 12.8 Å². The average Bonchev–Trinajstić information content (AvgIpc) is 2.27. The van der Waals surface area contributed by atoms with Gasteiger partial charge in [-0.2, -0.15) is 13.2 Å². The number of anilines is 1. The van der Waals surface area contributed by atoms with Crippen LogP contribution < -0.4 is 10.5 Å². The number of benzene rings is 1. The minimum Gasteiger partial charge on any atom is -0.495 e. The van der Waals surface area contributed by atoms with Crippen molar-refractivity contribution in [2.45, 2.75) is 25.4 Å². The Kier molecular flexibility index (Phi) is 4.58. The maximum atomic E-state index is 12.0. The lowest BCUT2D eigenvalue weighted by Gasteiger charge is -2.09. The van der Waals surface area contributed by atoms with Crippen LogP contribution in [0.25, 0.3) is 0 Å². The highest BCUT2D eigenvalue weighted by atomic mass is 19.4. The van der Waals surface area contributed by atoms with Crippen molar-refractivity contribution in [2.75, 3.05) is 12.8 Å². The fourth-order valence-electron chi connectivity index (χ4n) is 1.55. The zero-order valence-electron chi connectivity index (χ0n) is 9.88. The first-order valence-corrected chi connectivity index (χ1v) is 5.37. The molecule has 0 amide bonds. The number of nitrogens with two attached hydrogens (primary N) is 1. The third-order valence-electron chi connectivity index (χ3n) is 2.45. The molecule has 0 unspecified atom stereocenters. The monoisotopic (exact) mass is 261 g/mol. The number of nitrogen functional groups attached to an aromatic ring is 1. The van der Waals surface area contributed by atoms with Crippen molar-refractivity contribution in [3.63, 3.8) is 0 Å². The quantitative estimate of drug-likeness (QED) is 0.654. The highest BCUT2D eigenvalue weighted by molar-refractivity contribution is 6.01. The Hall–Kier alpha value is -1.72. The third kappa shape index (κ3) is 3.94. The molecular formula is C12H14F3NO2. The highest BCUT2D eigenvalue weighted by Gasteiger charge is 2.26. The highest BCUT2D eigenvalue weighted by Crippen LogP contribution is 2.27. The van der Waals surface area contributed by atoms with Crippen molar-refractivity contribution >= 4 is 11.5 Å². The maximum Gasteiger partial charge on any atom is 0.389 e. The van der Waals surface area contributed by atoms with Crippen LogP contribution in [0.3, 0.4) is 0 Å². The molecule has 100 valence electrons. The lowest BCUT2D eigenvalue weighted by Crippen LogP contribution is -2.10. The lowest BCUT2D eigenvalue weighted by molar-refractivity contribution is -0.135. The molecule has 0 saturated heterocycles. The van der Waals surface area contributed by atoms with Crippen molar-refractivity contribution < 1.29 is 22.7 Å². The zero-order valence-corrected chi connectivity index (χ0v) is 9.88. The zero-order chi connectivity index (χ0) is 13.8. The summed E-state index contributed by atoms with van der Waals surface area (Å²) in [6.07, 6.45) is -5.63. The predicted molar refractivity (Wildman–Crippen MR) is 61.6 cm³/mol. The fourth-order valence-corrected chi connectivity index (χ4v) is 1.55. The number of carbonyl (C=O) groups is 1. The molecule has 3 nitrogen and oxygen atoms in total. The minimum atomic E-state index is -4.24. The van der Waals surface area contributed by atoms with Crippen LogP contribution in [0.1, 0.15) is 29.6 Å². The molecule has 0 aliphatic heterocycles. The summed E-state index contributed by atoms with van der Waals surface area (Å²) in [6, 6.07) is 4.64. The van der Waals surface area contributed by atoms with Gasteiger partial charge in [0.1, 0.15) is 5.75 Å². The molecule has 0 bridgehead atoms. The molecule has 2 N–H and O–H groups in total. The Morgan fingerprint density at radius 3 is 2.61 bits per heavy atom. The summed E-state index contributed by atoms with van der Waals surface area (Å²) in [4.78, 5) is 11.7. The molecule has 18 heavy (non-hydrogen) atoms. The average molecular weight is 261 g/mol. The molecule has 0 fully saturated rings. The number of hydrogen-bond acceptors (Lipinski definition) is 3. The number of alkyl halides is 3. The van der Waals surface area contributed by atoms with E-state index in [1.54, 1.807) is 12.1 Å². The summed E-state index contributed by atoms with van der Waals surface area (Å²) >= 11 is 0. The topological polar surface area (TPSA) is 52.3 Å². The van der Waals surface area contributed by atoms with Crippen LogP contribution in [0.2, 0.25) is 0 Å². The Labute approximate surface area is 103 Å². The molecule has 6 heteroatoms. The van der Waals surface area contributed by atoms with Crippen LogP contribution in [0.15, 0.2) is 18.2 Å². The van der Waals surface area contributed by atoms with Gasteiger partial charge in [-0.1, -0.05) is 6.07 Å². The molecule has 0 aliphatic rings. The third-order valence-corrected chi connectivity index (χ3v) is 2.45. The Balaban J connectivity index is 2.68. The molecule has 1 aromatic rings. The van der Waals surface area contributed by atoms with E-state index in [4.69, 9.17) is 10.5 Å². The summed E-state index contributed by atoms with van der Waals surface area (Å²) in [5.74, 6) is -0.0627. The number of ketones is 1. The normalized spacial score (nSPS) is 11.3. The van der Waals surface area contributed by atoms with Crippen LogP contribution in [0.4, 0.5) is 18.9 Å².